The molecule has 1 atom stereocenters. The van der Waals surface area contributed by atoms with Gasteiger partial charge in [0.15, 0.2) is 5.78 Å². The molecular formula is C26H35N3O2S. The van der Waals surface area contributed by atoms with Gasteiger partial charge in [0.2, 0.25) is 5.91 Å². The predicted molar refractivity (Wildman–Crippen MR) is 130 cm³/mol. The van der Waals surface area contributed by atoms with Gasteiger partial charge in [-0.05, 0) is 48.6 Å². The van der Waals surface area contributed by atoms with Gasteiger partial charge < -0.3 is 4.90 Å². The lowest BCUT2D eigenvalue weighted by Gasteiger charge is -2.30. The fourth-order valence-corrected chi connectivity index (χ4v) is 5.71. The van der Waals surface area contributed by atoms with Crippen LogP contribution in [-0.4, -0.2) is 32.9 Å². The quantitative estimate of drug-likeness (QED) is 0.361. The van der Waals surface area contributed by atoms with Crippen LogP contribution in [0.2, 0.25) is 0 Å². The Labute approximate surface area is 195 Å². The van der Waals surface area contributed by atoms with E-state index in [4.69, 9.17) is 5.10 Å². The third kappa shape index (κ3) is 4.90. The van der Waals surface area contributed by atoms with Crippen molar-refractivity contribution in [3.63, 3.8) is 0 Å². The van der Waals surface area contributed by atoms with E-state index in [1.54, 1.807) is 17.4 Å². The third-order valence-electron chi connectivity index (χ3n) is 6.66. The molecule has 6 heteroatoms. The molecule has 0 bridgehead atoms. The Kier molecular flexibility index (Phi) is 6.99. The Morgan fingerprint density at radius 3 is 2.88 bits per heavy atom. The van der Waals surface area contributed by atoms with E-state index in [2.05, 4.69) is 25.5 Å². The van der Waals surface area contributed by atoms with E-state index in [1.807, 2.05) is 28.5 Å². The molecule has 1 aliphatic heterocycles. The normalized spacial score (nSPS) is 20.3. The number of carbonyl (C=O) groups excluding carboxylic acids is 2. The molecule has 1 amide bonds. The fourth-order valence-electron chi connectivity index (χ4n) is 5.10. The number of aryl methyl sites for hydroxylation is 1. The highest BCUT2D eigenvalue weighted by atomic mass is 32.1. The van der Waals surface area contributed by atoms with Gasteiger partial charge in [-0.15, -0.1) is 11.3 Å². The zero-order valence-corrected chi connectivity index (χ0v) is 20.4. The number of fused-ring (bicyclic) bond motifs is 1. The van der Waals surface area contributed by atoms with Crippen LogP contribution in [0.4, 0.5) is 0 Å². The Morgan fingerprint density at radius 2 is 2.12 bits per heavy atom. The number of unbranched alkanes of at least 4 members (excludes halogenated alkanes) is 3. The van der Waals surface area contributed by atoms with Gasteiger partial charge in [0.05, 0.1) is 23.0 Å². The van der Waals surface area contributed by atoms with Crippen molar-refractivity contribution < 1.29 is 9.59 Å². The molecule has 0 radical (unpaired) electrons. The number of likely N-dealkylation sites (tertiary alicyclic amines) is 1. The van der Waals surface area contributed by atoms with Crippen LogP contribution in [0.1, 0.15) is 98.4 Å². The lowest BCUT2D eigenvalue weighted by molar-refractivity contribution is -0.126. The maximum absolute atomic E-state index is 13.3. The summed E-state index contributed by atoms with van der Waals surface area (Å²) in [6.45, 7) is 8.12. The Balaban J connectivity index is 1.62. The average molecular weight is 454 g/mol. The number of hydrogen-bond acceptors (Lipinski definition) is 4. The van der Waals surface area contributed by atoms with Gasteiger partial charge in [-0.1, -0.05) is 46.1 Å². The van der Waals surface area contributed by atoms with Crippen molar-refractivity contribution in [2.24, 2.45) is 5.41 Å². The van der Waals surface area contributed by atoms with Gasteiger partial charge in [0.25, 0.3) is 0 Å². The minimum atomic E-state index is -0.105. The van der Waals surface area contributed by atoms with E-state index in [0.29, 0.717) is 6.42 Å². The van der Waals surface area contributed by atoms with Crippen LogP contribution >= 0.6 is 11.3 Å². The SMILES string of the molecule is CCCCCCn1nc([C@@H]2CCCN2C(=O)/C=C/c2cccs2)c2c1CC(C)(C)CC2=O. The summed E-state index contributed by atoms with van der Waals surface area (Å²) in [4.78, 5) is 29.3. The van der Waals surface area contributed by atoms with Crippen LogP contribution in [0.5, 0.6) is 0 Å². The van der Waals surface area contributed by atoms with Crippen LogP contribution < -0.4 is 0 Å². The molecule has 0 aromatic carbocycles. The molecule has 4 rings (SSSR count). The highest BCUT2D eigenvalue weighted by Gasteiger charge is 2.41. The largest absolute Gasteiger partial charge is 0.330 e. The van der Waals surface area contributed by atoms with Gasteiger partial charge >= 0.3 is 0 Å². The van der Waals surface area contributed by atoms with Crippen molar-refractivity contribution in [2.75, 3.05) is 6.54 Å². The smallest absolute Gasteiger partial charge is 0.247 e. The topological polar surface area (TPSA) is 55.2 Å². The highest BCUT2D eigenvalue weighted by Crippen LogP contribution is 2.41. The number of carbonyl (C=O) groups is 2. The molecule has 0 saturated carbocycles. The molecule has 2 aromatic rings. The van der Waals surface area contributed by atoms with Crippen molar-refractivity contribution >= 4 is 29.1 Å². The summed E-state index contributed by atoms with van der Waals surface area (Å²) in [5.74, 6) is 0.204. The minimum Gasteiger partial charge on any atom is -0.330 e. The summed E-state index contributed by atoms with van der Waals surface area (Å²) < 4.78 is 2.10. The van der Waals surface area contributed by atoms with Crippen LogP contribution in [0.15, 0.2) is 23.6 Å². The Hall–Kier alpha value is -2.21. The first-order chi connectivity index (χ1) is 15.4. The second-order valence-corrected chi connectivity index (χ2v) is 10.9. The van der Waals surface area contributed by atoms with Crippen LogP contribution in [0, 0.1) is 5.41 Å². The van der Waals surface area contributed by atoms with E-state index in [0.717, 1.165) is 60.6 Å². The minimum absolute atomic E-state index is 0.00994. The summed E-state index contributed by atoms with van der Waals surface area (Å²) in [6, 6.07) is 3.89. The number of amides is 1. The van der Waals surface area contributed by atoms with Crippen LogP contribution in [0.25, 0.3) is 6.08 Å². The molecule has 0 unspecified atom stereocenters. The van der Waals surface area contributed by atoms with Crippen LogP contribution in [0.3, 0.4) is 0 Å². The molecule has 1 saturated heterocycles. The molecule has 32 heavy (non-hydrogen) atoms. The molecule has 2 aliphatic rings. The fraction of sp³-hybridized carbons (Fsp3) is 0.577. The zero-order valence-electron chi connectivity index (χ0n) is 19.6. The molecule has 2 aromatic heterocycles. The standard InChI is InChI=1S/C26H35N3O2S/c1-4-5-6-7-15-29-21-17-26(2,3)18-22(30)24(21)25(27-29)20-11-8-14-28(20)23(31)13-12-19-10-9-16-32-19/h9-10,12-13,16,20H,4-8,11,14-15,17-18H2,1-3H3/b13-12+/t20-/m0/s1. The van der Waals surface area contributed by atoms with E-state index in [1.165, 1.54) is 19.3 Å². The molecule has 0 spiro atoms. The summed E-state index contributed by atoms with van der Waals surface area (Å²) in [5, 5.41) is 7.02. The van der Waals surface area contributed by atoms with Crippen molar-refractivity contribution in [3.8, 4) is 0 Å². The van der Waals surface area contributed by atoms with Gasteiger partial charge in [0.1, 0.15) is 0 Å². The number of hydrogen-bond donors (Lipinski definition) is 0. The van der Waals surface area contributed by atoms with E-state index >= 15 is 0 Å². The molecule has 172 valence electrons. The first-order valence-corrected chi connectivity index (χ1v) is 12.9. The molecular weight excluding hydrogens is 418 g/mol. The third-order valence-corrected chi connectivity index (χ3v) is 7.49. The van der Waals surface area contributed by atoms with Gasteiger partial charge in [0, 0.05) is 30.5 Å². The second kappa shape index (κ2) is 9.74. The summed E-state index contributed by atoms with van der Waals surface area (Å²) in [7, 11) is 0. The molecule has 3 heterocycles. The maximum atomic E-state index is 13.3. The van der Waals surface area contributed by atoms with Gasteiger partial charge in [-0.3, -0.25) is 14.3 Å². The van der Waals surface area contributed by atoms with Crippen molar-refractivity contribution in [1.29, 1.82) is 0 Å². The summed E-state index contributed by atoms with van der Waals surface area (Å²) in [6.07, 6.45) is 11.5. The lowest BCUT2D eigenvalue weighted by atomic mass is 9.75. The lowest BCUT2D eigenvalue weighted by Crippen LogP contribution is -2.32. The van der Waals surface area contributed by atoms with Crippen LogP contribution in [-0.2, 0) is 17.8 Å². The van der Waals surface area contributed by atoms with E-state index in [9.17, 15) is 9.59 Å². The Bertz CT molecular complexity index is 987. The Morgan fingerprint density at radius 1 is 1.28 bits per heavy atom. The number of ketones is 1. The first kappa shape index (κ1) is 23.0. The molecule has 1 fully saturated rings. The number of thiophene rings is 1. The number of Topliss-reactive ketones (excluding diaryl/α,β-unsaturated/α-hetero) is 1. The highest BCUT2D eigenvalue weighted by molar-refractivity contribution is 7.10. The maximum Gasteiger partial charge on any atom is 0.247 e. The van der Waals surface area contributed by atoms with E-state index < -0.39 is 0 Å². The monoisotopic (exact) mass is 453 g/mol. The number of nitrogens with zero attached hydrogens (tertiary/aromatic N) is 3. The second-order valence-electron chi connectivity index (χ2n) is 9.97. The summed E-state index contributed by atoms with van der Waals surface area (Å²) >= 11 is 1.62. The van der Waals surface area contributed by atoms with Crippen molar-refractivity contribution in [1.82, 2.24) is 14.7 Å². The van der Waals surface area contributed by atoms with Gasteiger partial charge in [-0.25, -0.2) is 0 Å². The average Bonchev–Trinajstić information content (AvgIpc) is 3.48. The van der Waals surface area contributed by atoms with Gasteiger partial charge in [-0.2, -0.15) is 5.10 Å². The van der Waals surface area contributed by atoms with E-state index in [-0.39, 0.29) is 23.1 Å². The molecule has 5 nitrogen and oxygen atoms in total. The van der Waals surface area contributed by atoms with Crippen molar-refractivity contribution in [3.05, 3.63) is 45.4 Å². The first-order valence-electron chi connectivity index (χ1n) is 12.0. The zero-order chi connectivity index (χ0) is 22.7. The van der Waals surface area contributed by atoms with Crippen molar-refractivity contribution in [2.45, 2.75) is 84.7 Å². The summed E-state index contributed by atoms with van der Waals surface area (Å²) in [5.41, 5.74) is 2.70. The number of rotatable bonds is 8. The molecule has 1 aliphatic carbocycles. The predicted octanol–water partition coefficient (Wildman–Crippen LogP) is 6.06. The molecule has 0 N–H and O–H groups in total. The number of aromatic nitrogens is 2.